The van der Waals surface area contributed by atoms with Crippen molar-refractivity contribution in [2.24, 2.45) is 0 Å². The fourth-order valence-electron chi connectivity index (χ4n) is 2.82. The van der Waals surface area contributed by atoms with Gasteiger partial charge in [-0.1, -0.05) is 11.6 Å². The Morgan fingerprint density at radius 2 is 2.10 bits per heavy atom. The predicted molar refractivity (Wildman–Crippen MR) is 82.4 cm³/mol. The molecule has 1 aliphatic rings. The van der Waals surface area contributed by atoms with Crippen LogP contribution in [0.5, 0.6) is 0 Å². The summed E-state index contributed by atoms with van der Waals surface area (Å²) in [5.41, 5.74) is 0.567. The number of anilines is 1. The molecule has 4 nitrogen and oxygen atoms in total. The molecule has 5 heteroatoms. The van der Waals surface area contributed by atoms with E-state index in [1.54, 1.807) is 12.3 Å². The van der Waals surface area contributed by atoms with Gasteiger partial charge in [-0.25, -0.2) is 4.98 Å². The predicted octanol–water partition coefficient (Wildman–Crippen LogP) is 3.57. The van der Waals surface area contributed by atoms with Crippen LogP contribution in [0, 0.1) is 0 Å². The van der Waals surface area contributed by atoms with Crippen molar-refractivity contribution < 1.29 is 4.79 Å². The quantitative estimate of drug-likeness (QED) is 0.927. The number of hydrogen-bond acceptors (Lipinski definition) is 3. The summed E-state index contributed by atoms with van der Waals surface area (Å²) >= 11 is 6.17. The smallest absolute Gasteiger partial charge is 0.255 e. The molecule has 1 fully saturated rings. The van der Waals surface area contributed by atoms with Crippen molar-refractivity contribution in [3.05, 3.63) is 22.8 Å². The maximum Gasteiger partial charge on any atom is 0.255 e. The van der Waals surface area contributed by atoms with Crippen LogP contribution in [0.4, 0.5) is 5.82 Å². The molecule has 20 heavy (non-hydrogen) atoms. The number of amides is 1. The lowest BCUT2D eigenvalue weighted by Crippen LogP contribution is -2.47. The van der Waals surface area contributed by atoms with Gasteiger partial charge in [-0.05, 0) is 46.1 Å². The van der Waals surface area contributed by atoms with Crippen LogP contribution < -0.4 is 5.32 Å². The molecule has 1 aliphatic heterocycles. The second-order valence-corrected chi connectivity index (χ2v) is 5.83. The third-order valence-corrected chi connectivity index (χ3v) is 4.15. The zero-order chi connectivity index (χ0) is 14.7. The van der Waals surface area contributed by atoms with E-state index < -0.39 is 0 Å². The van der Waals surface area contributed by atoms with Crippen LogP contribution in [-0.2, 0) is 0 Å². The van der Waals surface area contributed by atoms with Crippen molar-refractivity contribution in [3.63, 3.8) is 0 Å². The van der Waals surface area contributed by atoms with Crippen molar-refractivity contribution >= 4 is 23.3 Å². The summed E-state index contributed by atoms with van der Waals surface area (Å²) < 4.78 is 0. The molecule has 1 N–H and O–H groups in total. The first-order chi connectivity index (χ1) is 9.54. The molecule has 0 radical (unpaired) electrons. The van der Waals surface area contributed by atoms with E-state index in [-0.39, 0.29) is 18.0 Å². The number of hydrogen-bond donors (Lipinski definition) is 1. The molecule has 0 spiro atoms. The summed E-state index contributed by atoms with van der Waals surface area (Å²) in [5, 5.41) is 3.57. The van der Waals surface area contributed by atoms with Gasteiger partial charge in [-0.3, -0.25) is 4.79 Å². The third kappa shape index (κ3) is 3.06. The Hall–Kier alpha value is -1.29. The summed E-state index contributed by atoms with van der Waals surface area (Å²) in [4.78, 5) is 18.9. The average Bonchev–Trinajstić information content (AvgIpc) is 2.41. The monoisotopic (exact) mass is 295 g/mol. The van der Waals surface area contributed by atoms with Gasteiger partial charge in [0.05, 0.1) is 10.6 Å². The summed E-state index contributed by atoms with van der Waals surface area (Å²) in [5.74, 6) is 0.660. The van der Waals surface area contributed by atoms with Gasteiger partial charge in [0.1, 0.15) is 5.82 Å². The highest BCUT2D eigenvalue weighted by Crippen LogP contribution is 2.26. The zero-order valence-electron chi connectivity index (χ0n) is 12.3. The number of pyridine rings is 1. The van der Waals surface area contributed by atoms with E-state index in [4.69, 9.17) is 11.6 Å². The summed E-state index contributed by atoms with van der Waals surface area (Å²) in [7, 11) is 0. The van der Waals surface area contributed by atoms with E-state index in [0.29, 0.717) is 16.4 Å². The second kappa shape index (κ2) is 6.44. The van der Waals surface area contributed by atoms with Crippen LogP contribution >= 0.6 is 11.6 Å². The van der Waals surface area contributed by atoms with Crippen LogP contribution in [0.3, 0.4) is 0 Å². The Morgan fingerprint density at radius 1 is 1.45 bits per heavy atom. The first kappa shape index (κ1) is 15.1. The molecule has 2 atom stereocenters. The van der Waals surface area contributed by atoms with E-state index in [1.807, 2.05) is 11.8 Å². The summed E-state index contributed by atoms with van der Waals surface area (Å²) in [6, 6.07) is 2.26. The normalized spacial score (nSPS) is 22.7. The SMILES string of the molecule is CCNc1ncc(C(=O)N2C(C)CCCC2C)cc1Cl. The first-order valence-corrected chi connectivity index (χ1v) is 7.64. The number of carbonyl (C=O) groups excluding carboxylic acids is 1. The van der Waals surface area contributed by atoms with Crippen LogP contribution in [0.1, 0.15) is 50.4 Å². The van der Waals surface area contributed by atoms with Crippen LogP contribution in [-0.4, -0.2) is 34.4 Å². The van der Waals surface area contributed by atoms with Gasteiger partial charge in [0, 0.05) is 24.8 Å². The van der Waals surface area contributed by atoms with Crippen molar-refractivity contribution in [2.75, 3.05) is 11.9 Å². The standard InChI is InChI=1S/C15H22ClN3O/c1-4-17-14-13(16)8-12(9-18-14)15(20)19-10(2)6-5-7-11(19)3/h8-11H,4-7H2,1-3H3,(H,17,18). The van der Waals surface area contributed by atoms with Crippen LogP contribution in [0.25, 0.3) is 0 Å². The van der Waals surface area contributed by atoms with Crippen molar-refractivity contribution in [2.45, 2.75) is 52.1 Å². The fraction of sp³-hybridized carbons (Fsp3) is 0.600. The van der Waals surface area contributed by atoms with Gasteiger partial charge in [-0.15, -0.1) is 0 Å². The number of likely N-dealkylation sites (tertiary alicyclic amines) is 1. The molecule has 2 heterocycles. The highest BCUT2D eigenvalue weighted by atomic mass is 35.5. The van der Waals surface area contributed by atoms with E-state index in [2.05, 4.69) is 24.1 Å². The minimum Gasteiger partial charge on any atom is -0.369 e. The van der Waals surface area contributed by atoms with Crippen molar-refractivity contribution in [1.29, 1.82) is 0 Å². The highest BCUT2D eigenvalue weighted by molar-refractivity contribution is 6.33. The molecular formula is C15H22ClN3O. The van der Waals surface area contributed by atoms with Crippen molar-refractivity contribution in [3.8, 4) is 0 Å². The van der Waals surface area contributed by atoms with Crippen molar-refractivity contribution in [1.82, 2.24) is 9.88 Å². The molecule has 110 valence electrons. The number of halogens is 1. The average molecular weight is 296 g/mol. The first-order valence-electron chi connectivity index (χ1n) is 7.26. The molecule has 1 aromatic heterocycles. The van der Waals surface area contributed by atoms with E-state index in [0.717, 1.165) is 19.4 Å². The molecule has 2 unspecified atom stereocenters. The molecular weight excluding hydrogens is 274 g/mol. The Balaban J connectivity index is 2.22. The van der Waals surface area contributed by atoms with Crippen LogP contribution in [0.2, 0.25) is 5.02 Å². The summed E-state index contributed by atoms with van der Waals surface area (Å²) in [6.07, 6.45) is 4.92. The Bertz CT molecular complexity index is 482. The van der Waals surface area contributed by atoms with Crippen LogP contribution in [0.15, 0.2) is 12.3 Å². The molecule has 2 rings (SSSR count). The molecule has 1 saturated heterocycles. The Labute approximate surface area is 125 Å². The number of piperidine rings is 1. The van der Waals surface area contributed by atoms with Gasteiger partial charge in [-0.2, -0.15) is 0 Å². The molecule has 1 aromatic rings. The third-order valence-electron chi connectivity index (χ3n) is 3.86. The number of aromatic nitrogens is 1. The fourth-order valence-corrected chi connectivity index (χ4v) is 3.06. The molecule has 0 saturated carbocycles. The lowest BCUT2D eigenvalue weighted by Gasteiger charge is -2.39. The topological polar surface area (TPSA) is 45.2 Å². The lowest BCUT2D eigenvalue weighted by atomic mass is 9.96. The van der Waals surface area contributed by atoms with E-state index >= 15 is 0 Å². The number of nitrogens with one attached hydrogen (secondary N) is 1. The maximum atomic E-state index is 12.6. The van der Waals surface area contributed by atoms with E-state index in [9.17, 15) is 4.79 Å². The lowest BCUT2D eigenvalue weighted by molar-refractivity contribution is 0.0510. The number of carbonyl (C=O) groups is 1. The molecule has 0 aliphatic carbocycles. The minimum atomic E-state index is 0.0298. The molecule has 0 aromatic carbocycles. The van der Waals surface area contributed by atoms with Gasteiger partial charge in [0.15, 0.2) is 0 Å². The largest absolute Gasteiger partial charge is 0.369 e. The highest BCUT2D eigenvalue weighted by Gasteiger charge is 2.30. The van der Waals surface area contributed by atoms with Gasteiger partial charge >= 0.3 is 0 Å². The number of nitrogens with zero attached hydrogens (tertiary/aromatic N) is 2. The number of rotatable bonds is 3. The van der Waals surface area contributed by atoms with E-state index in [1.165, 1.54) is 6.42 Å². The Kier molecular flexibility index (Phi) is 4.86. The van der Waals surface area contributed by atoms with Gasteiger partial charge in [0.2, 0.25) is 0 Å². The zero-order valence-corrected chi connectivity index (χ0v) is 13.1. The molecule has 0 bridgehead atoms. The minimum absolute atomic E-state index is 0.0298. The maximum absolute atomic E-state index is 12.6. The van der Waals surface area contributed by atoms with Gasteiger partial charge < -0.3 is 10.2 Å². The van der Waals surface area contributed by atoms with Gasteiger partial charge in [0.25, 0.3) is 5.91 Å². The molecule has 1 amide bonds. The summed E-state index contributed by atoms with van der Waals surface area (Å²) in [6.45, 7) is 6.94. The second-order valence-electron chi connectivity index (χ2n) is 5.43. The Morgan fingerprint density at radius 3 is 2.65 bits per heavy atom.